The number of fused-ring (bicyclic) bond motifs is 3. The molecule has 0 saturated heterocycles. The van der Waals surface area contributed by atoms with Gasteiger partial charge in [0.1, 0.15) is 0 Å². The zero-order valence-corrected chi connectivity index (χ0v) is 19.6. The van der Waals surface area contributed by atoms with Gasteiger partial charge in [-0.2, -0.15) is 9.78 Å². The van der Waals surface area contributed by atoms with E-state index in [-0.39, 0.29) is 23.2 Å². The number of hydrogen-bond donors (Lipinski definition) is 1. The fourth-order valence-corrected chi connectivity index (χ4v) is 5.62. The van der Waals surface area contributed by atoms with Crippen LogP contribution in [-0.2, 0) is 5.41 Å². The number of ketones is 1. The number of para-hydroxylation sites is 1. The van der Waals surface area contributed by atoms with Gasteiger partial charge in [0.05, 0.1) is 26.9 Å². The summed E-state index contributed by atoms with van der Waals surface area (Å²) in [5.74, 6) is -0.246. The molecular weight excluding hydrogens is 468 g/mol. The second-order valence-electron chi connectivity index (χ2n) is 8.48. The van der Waals surface area contributed by atoms with E-state index in [1.165, 1.54) is 4.68 Å². The molecule has 2 heterocycles. The highest BCUT2D eigenvalue weighted by atomic mass is 35.5. The van der Waals surface area contributed by atoms with E-state index < -0.39 is 10.3 Å². The minimum atomic E-state index is -1.73. The smallest absolute Gasteiger partial charge is 0.328 e. The molecule has 1 N–H and O–H groups in total. The van der Waals surface area contributed by atoms with Gasteiger partial charge in [-0.25, -0.2) is 0 Å². The average Bonchev–Trinajstić information content (AvgIpc) is 3.29. The number of nitro groups is 1. The number of allylic oxidation sites excluding steroid dienone is 1. The number of carbonyl (C=O) groups is 1. The monoisotopic (exact) mass is 486 g/mol. The summed E-state index contributed by atoms with van der Waals surface area (Å²) in [5, 5.41) is 22.3. The molecule has 1 unspecified atom stereocenters. The van der Waals surface area contributed by atoms with Crippen molar-refractivity contribution in [3.63, 3.8) is 0 Å². The molecule has 6 rings (SSSR count). The van der Waals surface area contributed by atoms with Gasteiger partial charge >= 0.3 is 5.70 Å². The van der Waals surface area contributed by atoms with Crippen LogP contribution in [0.4, 0.5) is 0 Å². The van der Waals surface area contributed by atoms with E-state index in [0.717, 1.165) is 5.39 Å². The maximum atomic E-state index is 14.4. The number of carbonyl (C=O) groups excluding carboxylic acids is 1. The van der Waals surface area contributed by atoms with Crippen molar-refractivity contribution < 1.29 is 14.5 Å². The molecule has 1 aliphatic carbocycles. The van der Waals surface area contributed by atoms with E-state index in [1.807, 2.05) is 24.3 Å². The van der Waals surface area contributed by atoms with Crippen LogP contribution in [0.1, 0.15) is 34.1 Å². The topological polar surface area (TPSA) is 99.3 Å². The fraction of sp³-hybridized carbons (Fsp3) is 0.154. The Morgan fingerprint density at radius 1 is 1.14 bits per heavy atom. The van der Waals surface area contributed by atoms with E-state index in [1.54, 1.807) is 50.2 Å². The molecule has 3 aromatic carbocycles. The van der Waals surface area contributed by atoms with Crippen LogP contribution in [0.5, 0.6) is 5.88 Å². The van der Waals surface area contributed by atoms with Crippen LogP contribution < -0.4 is 10.1 Å². The second kappa shape index (κ2) is 7.41. The highest BCUT2D eigenvalue weighted by molar-refractivity contribution is 6.32. The summed E-state index contributed by atoms with van der Waals surface area (Å²) in [6.07, 6.45) is 0. The van der Waals surface area contributed by atoms with Gasteiger partial charge in [0.15, 0.2) is 11.2 Å². The third kappa shape index (κ3) is 2.62. The highest BCUT2D eigenvalue weighted by Crippen LogP contribution is 2.57. The molecule has 1 spiro atoms. The van der Waals surface area contributed by atoms with E-state index in [9.17, 15) is 14.9 Å². The standard InChI is InChI=1S/C26H19ClN4O4/c1-3-28-24-22(31(33)34)26(17-11-7-9-15-8-6-10-16(20(15)17)23(26)32)21-14(2)29-30(25(21)35-24)19-13-5-4-12-18(19)27/h4-13,28H,3H2,1-2H3. The van der Waals surface area contributed by atoms with Gasteiger partial charge in [-0.15, -0.1) is 0 Å². The van der Waals surface area contributed by atoms with Gasteiger partial charge in [-0.05, 0) is 42.3 Å². The van der Waals surface area contributed by atoms with E-state index in [4.69, 9.17) is 16.3 Å². The zero-order valence-electron chi connectivity index (χ0n) is 18.8. The Morgan fingerprint density at radius 3 is 2.60 bits per heavy atom. The van der Waals surface area contributed by atoms with Crippen molar-refractivity contribution in [1.82, 2.24) is 15.1 Å². The van der Waals surface area contributed by atoms with Crippen molar-refractivity contribution in [2.45, 2.75) is 19.3 Å². The van der Waals surface area contributed by atoms with Gasteiger partial charge < -0.3 is 10.1 Å². The number of nitrogens with one attached hydrogen (secondary N) is 1. The number of aryl methyl sites for hydroxylation is 1. The maximum Gasteiger partial charge on any atom is 0.328 e. The predicted molar refractivity (Wildman–Crippen MR) is 131 cm³/mol. The van der Waals surface area contributed by atoms with Crippen molar-refractivity contribution in [1.29, 1.82) is 0 Å². The Kier molecular flexibility index (Phi) is 4.53. The van der Waals surface area contributed by atoms with Crippen molar-refractivity contribution in [2.75, 3.05) is 6.54 Å². The molecule has 174 valence electrons. The summed E-state index contributed by atoms with van der Waals surface area (Å²) < 4.78 is 7.67. The van der Waals surface area contributed by atoms with Crippen LogP contribution in [0.25, 0.3) is 16.5 Å². The van der Waals surface area contributed by atoms with Crippen molar-refractivity contribution in [2.24, 2.45) is 0 Å². The van der Waals surface area contributed by atoms with Gasteiger partial charge in [-0.3, -0.25) is 14.9 Å². The first kappa shape index (κ1) is 21.4. The summed E-state index contributed by atoms with van der Waals surface area (Å²) in [5.41, 5.74) is 0.224. The zero-order chi connectivity index (χ0) is 24.5. The number of halogens is 1. The highest BCUT2D eigenvalue weighted by Gasteiger charge is 2.64. The molecule has 8 nitrogen and oxygen atoms in total. The van der Waals surface area contributed by atoms with Crippen molar-refractivity contribution >= 4 is 28.2 Å². The molecule has 0 amide bonds. The van der Waals surface area contributed by atoms with Crippen molar-refractivity contribution in [3.8, 4) is 11.6 Å². The molecule has 0 bridgehead atoms. The van der Waals surface area contributed by atoms with Crippen LogP contribution in [0.2, 0.25) is 5.02 Å². The van der Waals surface area contributed by atoms with Crippen LogP contribution in [0.3, 0.4) is 0 Å². The van der Waals surface area contributed by atoms with E-state index >= 15 is 0 Å². The van der Waals surface area contributed by atoms with Gasteiger partial charge in [0.25, 0.3) is 5.88 Å². The first-order chi connectivity index (χ1) is 16.9. The molecular formula is C26H19ClN4O4. The van der Waals surface area contributed by atoms with Crippen LogP contribution in [-0.4, -0.2) is 27.0 Å². The maximum absolute atomic E-state index is 14.4. The first-order valence-electron chi connectivity index (χ1n) is 11.1. The normalized spacial score (nSPS) is 18.2. The predicted octanol–water partition coefficient (Wildman–Crippen LogP) is 4.92. The number of benzene rings is 3. The summed E-state index contributed by atoms with van der Waals surface area (Å²) in [6.45, 7) is 3.88. The van der Waals surface area contributed by atoms with Crippen LogP contribution in [0.15, 0.2) is 72.2 Å². The van der Waals surface area contributed by atoms with Gasteiger partial charge in [0, 0.05) is 12.1 Å². The molecule has 0 fully saturated rings. The van der Waals surface area contributed by atoms with Gasteiger partial charge in [0.2, 0.25) is 5.88 Å². The summed E-state index contributed by atoms with van der Waals surface area (Å²) in [4.78, 5) is 26.5. The Labute approximate surface area is 204 Å². The van der Waals surface area contributed by atoms with E-state index in [2.05, 4.69) is 10.4 Å². The molecule has 1 atom stereocenters. The Bertz CT molecular complexity index is 1620. The summed E-state index contributed by atoms with van der Waals surface area (Å²) >= 11 is 6.49. The number of aromatic nitrogens is 2. The molecule has 1 aliphatic heterocycles. The second-order valence-corrected chi connectivity index (χ2v) is 8.89. The third-order valence-electron chi connectivity index (χ3n) is 6.66. The first-order valence-corrected chi connectivity index (χ1v) is 11.5. The Morgan fingerprint density at radius 2 is 1.89 bits per heavy atom. The molecule has 2 aliphatic rings. The summed E-state index contributed by atoms with van der Waals surface area (Å²) in [6, 6.07) is 18.0. The summed E-state index contributed by atoms with van der Waals surface area (Å²) in [7, 11) is 0. The lowest BCUT2D eigenvalue weighted by Gasteiger charge is -2.32. The Hall–Kier alpha value is -4.17. The Balaban J connectivity index is 1.79. The number of rotatable bonds is 4. The van der Waals surface area contributed by atoms with Crippen LogP contribution >= 0.6 is 11.6 Å². The molecule has 4 aromatic rings. The minimum Gasteiger partial charge on any atom is -0.416 e. The number of hydrogen-bond acceptors (Lipinski definition) is 6. The number of ether oxygens (including phenoxy) is 1. The lowest BCUT2D eigenvalue weighted by molar-refractivity contribution is -0.436. The lowest BCUT2D eigenvalue weighted by atomic mass is 9.70. The molecule has 0 radical (unpaired) electrons. The van der Waals surface area contributed by atoms with Gasteiger partial charge in [-0.1, -0.05) is 60.1 Å². The largest absolute Gasteiger partial charge is 0.416 e. The average molecular weight is 487 g/mol. The molecule has 1 aromatic heterocycles. The number of nitrogens with zero attached hydrogens (tertiary/aromatic N) is 3. The third-order valence-corrected chi connectivity index (χ3v) is 6.98. The van der Waals surface area contributed by atoms with E-state index in [0.29, 0.717) is 45.0 Å². The molecule has 0 saturated carbocycles. The molecule has 35 heavy (non-hydrogen) atoms. The SMILES string of the molecule is CCNC1=C([N+](=O)[O-])C2(C(=O)c3cccc4cccc2c34)c2c(C)nn(-c3ccccc3Cl)c2O1. The van der Waals surface area contributed by atoms with Crippen LogP contribution in [0, 0.1) is 17.0 Å². The number of Topliss-reactive ketones (excluding diaryl/α,β-unsaturated/α-hetero) is 1. The van der Waals surface area contributed by atoms with Crippen molar-refractivity contribution in [3.05, 3.63) is 110 Å². The molecule has 9 heteroatoms. The lowest BCUT2D eigenvalue weighted by Crippen LogP contribution is -2.45. The minimum absolute atomic E-state index is 0.0867. The quantitative estimate of drug-likeness (QED) is 0.325. The fourth-order valence-electron chi connectivity index (χ4n) is 5.40.